The molecule has 0 aromatic heterocycles. The molecule has 0 radical (unpaired) electrons. The van der Waals surface area contributed by atoms with Crippen molar-refractivity contribution >= 4 is 0 Å². The van der Waals surface area contributed by atoms with Crippen LogP contribution in [-0.2, 0) is 0 Å². The van der Waals surface area contributed by atoms with E-state index in [4.69, 9.17) is 0 Å². The Balaban J connectivity index is 1.31. The van der Waals surface area contributed by atoms with Gasteiger partial charge in [0.05, 0.1) is 6.10 Å². The monoisotopic (exact) mass is 414 g/mol. The van der Waals surface area contributed by atoms with Crippen molar-refractivity contribution in [2.75, 3.05) is 0 Å². The summed E-state index contributed by atoms with van der Waals surface area (Å²) in [6.07, 6.45) is 13.9. The van der Waals surface area contributed by atoms with Crippen molar-refractivity contribution in [3.8, 4) is 0 Å². The highest BCUT2D eigenvalue weighted by Gasteiger charge is 2.62. The molecule has 0 aliphatic heterocycles. The second-order valence-corrected chi connectivity index (χ2v) is 13.8. The fourth-order valence-corrected chi connectivity index (χ4v) is 10.4. The Bertz CT molecular complexity index is 640. The smallest absolute Gasteiger partial charge is 0.0543 e. The van der Waals surface area contributed by atoms with E-state index in [0.29, 0.717) is 10.8 Å². The van der Waals surface area contributed by atoms with E-state index in [1.807, 2.05) is 0 Å². The van der Waals surface area contributed by atoms with E-state index in [9.17, 15) is 5.11 Å². The van der Waals surface area contributed by atoms with Crippen LogP contribution in [0, 0.1) is 70.0 Å². The summed E-state index contributed by atoms with van der Waals surface area (Å²) in [7, 11) is 0. The zero-order valence-corrected chi connectivity index (χ0v) is 20.9. The van der Waals surface area contributed by atoms with Gasteiger partial charge in [-0.05, 0) is 134 Å². The first-order chi connectivity index (χ1) is 14.2. The van der Waals surface area contributed by atoms with Crippen molar-refractivity contribution in [2.24, 2.45) is 70.0 Å². The van der Waals surface area contributed by atoms with Crippen LogP contribution < -0.4 is 0 Å². The number of rotatable bonds is 4. The Morgan fingerprint density at radius 2 is 1.43 bits per heavy atom. The molecule has 12 atom stereocenters. The molecule has 0 aromatic carbocycles. The molecule has 0 aromatic rings. The van der Waals surface area contributed by atoms with Gasteiger partial charge in [0.15, 0.2) is 0 Å². The van der Waals surface area contributed by atoms with Crippen molar-refractivity contribution in [3.05, 3.63) is 0 Å². The van der Waals surface area contributed by atoms with Crippen molar-refractivity contribution in [3.63, 3.8) is 0 Å². The maximum absolute atomic E-state index is 10.3. The molecule has 1 N–H and O–H groups in total. The summed E-state index contributed by atoms with van der Waals surface area (Å²) >= 11 is 0. The first-order valence-corrected chi connectivity index (χ1v) is 13.8. The molecule has 5 aliphatic carbocycles. The minimum absolute atomic E-state index is 0.00934. The normalized spacial score (nSPS) is 54.8. The van der Waals surface area contributed by atoms with Crippen LogP contribution in [0.4, 0.5) is 0 Å². The standard InChI is InChI=1S/C29H50O/c1-17(2)18(3)23-16-24(23)19(4)25-9-10-26-22-8-7-20-15-21(30)11-13-28(20,5)27(22)12-14-29(25,26)6/h17-27,30H,7-16H2,1-6H3/t18?,19?,20-,21?,22?,23?,24?,25?,26?,27?,28?,29?/m0/s1. The molecule has 5 aliphatic rings. The van der Waals surface area contributed by atoms with E-state index in [0.717, 1.165) is 72.0 Å². The molecule has 0 heterocycles. The SMILES string of the molecule is CC(C)C(C)C1CC1C(C)C1CCC2C3CC[C@H]4CC(O)CCC4(C)C3CCC12C. The van der Waals surface area contributed by atoms with Gasteiger partial charge in [0, 0.05) is 0 Å². The van der Waals surface area contributed by atoms with Crippen molar-refractivity contribution < 1.29 is 5.11 Å². The van der Waals surface area contributed by atoms with Gasteiger partial charge in [0.2, 0.25) is 0 Å². The maximum atomic E-state index is 10.3. The first-order valence-electron chi connectivity index (χ1n) is 13.8. The molecule has 30 heavy (non-hydrogen) atoms. The molecular formula is C29H50O. The summed E-state index contributed by atoms with van der Waals surface area (Å²) in [4.78, 5) is 0. The molecule has 0 bridgehead atoms. The molecule has 5 saturated carbocycles. The van der Waals surface area contributed by atoms with Gasteiger partial charge in [-0.3, -0.25) is 0 Å². The molecule has 11 unspecified atom stereocenters. The highest BCUT2D eigenvalue weighted by molar-refractivity contribution is 5.11. The average Bonchev–Trinajstić information content (AvgIpc) is 3.42. The third kappa shape index (κ3) is 3.18. The summed E-state index contributed by atoms with van der Waals surface area (Å²) in [5.74, 6) is 9.45. The molecule has 172 valence electrons. The topological polar surface area (TPSA) is 20.2 Å². The van der Waals surface area contributed by atoms with Gasteiger partial charge >= 0.3 is 0 Å². The molecule has 1 heteroatoms. The molecule has 5 fully saturated rings. The van der Waals surface area contributed by atoms with Crippen LogP contribution in [0.1, 0.15) is 106 Å². The maximum Gasteiger partial charge on any atom is 0.0543 e. The Morgan fingerprint density at radius 3 is 2.17 bits per heavy atom. The van der Waals surface area contributed by atoms with Crippen LogP contribution in [-0.4, -0.2) is 11.2 Å². The zero-order valence-electron chi connectivity index (χ0n) is 20.9. The van der Waals surface area contributed by atoms with Crippen LogP contribution in [0.2, 0.25) is 0 Å². The minimum atomic E-state index is -0.00934. The van der Waals surface area contributed by atoms with Crippen molar-refractivity contribution in [1.82, 2.24) is 0 Å². The van der Waals surface area contributed by atoms with Gasteiger partial charge in [0.1, 0.15) is 0 Å². The van der Waals surface area contributed by atoms with Crippen LogP contribution in [0.3, 0.4) is 0 Å². The first kappa shape index (κ1) is 21.8. The Kier molecular flexibility index (Phi) is 5.44. The van der Waals surface area contributed by atoms with E-state index >= 15 is 0 Å². The van der Waals surface area contributed by atoms with Gasteiger partial charge in [0.25, 0.3) is 0 Å². The summed E-state index contributed by atoms with van der Waals surface area (Å²) < 4.78 is 0. The number of aliphatic hydroxyl groups excluding tert-OH is 1. The van der Waals surface area contributed by atoms with E-state index in [-0.39, 0.29) is 6.10 Å². The largest absolute Gasteiger partial charge is 0.393 e. The van der Waals surface area contributed by atoms with E-state index in [1.165, 1.54) is 51.4 Å². The summed E-state index contributed by atoms with van der Waals surface area (Å²) in [5, 5.41) is 10.3. The van der Waals surface area contributed by atoms with Gasteiger partial charge in [-0.1, -0.05) is 41.5 Å². The summed E-state index contributed by atoms with van der Waals surface area (Å²) in [6, 6.07) is 0. The molecular weight excluding hydrogens is 364 g/mol. The lowest BCUT2D eigenvalue weighted by atomic mass is 9.44. The van der Waals surface area contributed by atoms with Gasteiger partial charge in [-0.15, -0.1) is 0 Å². The molecule has 0 spiro atoms. The fourth-order valence-electron chi connectivity index (χ4n) is 10.4. The number of fused-ring (bicyclic) bond motifs is 5. The predicted molar refractivity (Wildman–Crippen MR) is 126 cm³/mol. The van der Waals surface area contributed by atoms with Crippen LogP contribution in [0.5, 0.6) is 0 Å². The molecule has 0 saturated heterocycles. The Morgan fingerprint density at radius 1 is 0.733 bits per heavy atom. The molecule has 5 rings (SSSR count). The lowest BCUT2D eigenvalue weighted by Gasteiger charge is -2.61. The van der Waals surface area contributed by atoms with Gasteiger partial charge in [-0.2, -0.15) is 0 Å². The van der Waals surface area contributed by atoms with Crippen molar-refractivity contribution in [1.29, 1.82) is 0 Å². The Hall–Kier alpha value is -0.0400. The van der Waals surface area contributed by atoms with Crippen LogP contribution in [0.25, 0.3) is 0 Å². The molecule has 0 amide bonds. The highest BCUT2D eigenvalue weighted by atomic mass is 16.3. The Labute approximate surface area is 187 Å². The second-order valence-electron chi connectivity index (χ2n) is 13.8. The number of aliphatic hydroxyl groups is 1. The zero-order chi connectivity index (χ0) is 21.4. The van der Waals surface area contributed by atoms with E-state index in [2.05, 4.69) is 41.5 Å². The predicted octanol–water partition coefficient (Wildman–Crippen LogP) is 7.57. The average molecular weight is 415 g/mol. The van der Waals surface area contributed by atoms with Gasteiger partial charge < -0.3 is 5.11 Å². The number of hydrogen-bond acceptors (Lipinski definition) is 1. The van der Waals surface area contributed by atoms with Gasteiger partial charge in [-0.25, -0.2) is 0 Å². The lowest BCUT2D eigenvalue weighted by molar-refractivity contribution is -0.129. The van der Waals surface area contributed by atoms with Crippen LogP contribution in [0.15, 0.2) is 0 Å². The summed E-state index contributed by atoms with van der Waals surface area (Å²) in [5.41, 5.74) is 1.15. The van der Waals surface area contributed by atoms with E-state index < -0.39 is 0 Å². The quantitative estimate of drug-likeness (QED) is 0.503. The minimum Gasteiger partial charge on any atom is -0.393 e. The third-order valence-corrected chi connectivity index (χ3v) is 12.6. The molecule has 1 nitrogen and oxygen atoms in total. The number of hydrogen-bond donors (Lipinski definition) is 1. The summed E-state index contributed by atoms with van der Waals surface area (Å²) in [6.45, 7) is 15.4. The lowest BCUT2D eigenvalue weighted by Crippen LogP contribution is -2.54. The third-order valence-electron chi connectivity index (χ3n) is 12.6. The highest BCUT2D eigenvalue weighted by Crippen LogP contribution is 2.69. The van der Waals surface area contributed by atoms with Crippen LogP contribution >= 0.6 is 0 Å². The van der Waals surface area contributed by atoms with Crippen molar-refractivity contribution in [2.45, 2.75) is 112 Å². The second kappa shape index (κ2) is 7.50. The fraction of sp³-hybridized carbons (Fsp3) is 1.00. The van der Waals surface area contributed by atoms with E-state index in [1.54, 1.807) is 0 Å².